The molecule has 2 unspecified atom stereocenters. The number of hydrazone groups is 1. The molecule has 0 aromatic heterocycles. The maximum atomic E-state index is 13.0. The highest BCUT2D eigenvalue weighted by atomic mass is 32.2. The van der Waals surface area contributed by atoms with Gasteiger partial charge in [0.1, 0.15) is 23.1 Å². The van der Waals surface area contributed by atoms with E-state index in [1.165, 1.54) is 0 Å². The molecule has 1 heterocycles. The van der Waals surface area contributed by atoms with Gasteiger partial charge >= 0.3 is 0 Å². The van der Waals surface area contributed by atoms with Crippen LogP contribution in [-0.4, -0.2) is 68.4 Å². The first-order valence-corrected chi connectivity index (χ1v) is 14.2. The molecule has 1 aliphatic rings. The topological polar surface area (TPSA) is 92.3 Å². The molecule has 3 rings (SSSR count). The third kappa shape index (κ3) is 8.64. The molecule has 1 fully saturated rings. The number of nitrogens with zero attached hydrogens (tertiary/aromatic N) is 2. The molecule has 0 saturated carbocycles. The Kier molecular flexibility index (Phi) is 11.5. The lowest BCUT2D eigenvalue weighted by molar-refractivity contribution is 0.0935. The molecular weight excluding hydrogens is 532 g/mol. The van der Waals surface area contributed by atoms with E-state index in [9.17, 15) is 9.59 Å². The van der Waals surface area contributed by atoms with Crippen LogP contribution in [0.3, 0.4) is 0 Å². The highest BCUT2D eigenvalue weighted by Gasteiger charge is 2.36. The largest absolute Gasteiger partial charge is 0.497 e. The van der Waals surface area contributed by atoms with Gasteiger partial charge in [-0.15, -0.1) is 0 Å². The average molecular weight is 569 g/mol. The molecule has 2 aromatic carbocycles. The SMILES string of the molecule is C=C(SC(COc1ccc(C(=O)NC2CN(C)CC2/C(=N/NC)SC=O)cc1)=C(C)C)c1cccc(OC)c1. The number of ether oxygens (including phenoxy) is 2. The van der Waals surface area contributed by atoms with Crippen molar-refractivity contribution in [3.63, 3.8) is 0 Å². The number of likely N-dealkylation sites (N-methyl/N-ethyl adjacent to an activating group) is 1. The van der Waals surface area contributed by atoms with Gasteiger partial charge in [-0.2, -0.15) is 5.10 Å². The summed E-state index contributed by atoms with van der Waals surface area (Å²) in [5.74, 6) is 1.20. The molecular formula is C29H36N4O4S2. The lowest BCUT2D eigenvalue weighted by Gasteiger charge is -2.20. The van der Waals surface area contributed by atoms with Crippen LogP contribution in [0.5, 0.6) is 11.5 Å². The molecule has 0 radical (unpaired) electrons. The summed E-state index contributed by atoms with van der Waals surface area (Å²) in [5.41, 5.74) is 6.20. The molecule has 0 bridgehead atoms. The fourth-order valence-corrected chi connectivity index (χ4v) is 5.66. The van der Waals surface area contributed by atoms with E-state index in [4.69, 9.17) is 9.47 Å². The maximum absolute atomic E-state index is 13.0. The Balaban J connectivity index is 1.60. The van der Waals surface area contributed by atoms with E-state index < -0.39 is 0 Å². The quantitative estimate of drug-likeness (QED) is 0.162. The second kappa shape index (κ2) is 14.8. The molecule has 208 valence electrons. The van der Waals surface area contributed by atoms with Crippen molar-refractivity contribution in [2.24, 2.45) is 11.0 Å². The number of methoxy groups -OCH3 is 1. The number of rotatable bonds is 12. The van der Waals surface area contributed by atoms with Crippen molar-refractivity contribution in [3.05, 3.63) is 76.7 Å². The number of hydrogen-bond donors (Lipinski definition) is 2. The summed E-state index contributed by atoms with van der Waals surface area (Å²) in [7, 11) is 5.32. The van der Waals surface area contributed by atoms with Crippen LogP contribution < -0.4 is 20.2 Å². The highest BCUT2D eigenvalue weighted by molar-refractivity contribution is 8.24. The number of amides is 1. The number of nitrogens with one attached hydrogen (secondary N) is 2. The minimum atomic E-state index is -0.179. The lowest BCUT2D eigenvalue weighted by atomic mass is 10.0. The number of benzene rings is 2. The van der Waals surface area contributed by atoms with E-state index in [2.05, 4.69) is 27.3 Å². The lowest BCUT2D eigenvalue weighted by Crippen LogP contribution is -2.42. The van der Waals surface area contributed by atoms with E-state index in [0.29, 0.717) is 36.1 Å². The normalized spacial score (nSPS) is 17.3. The Bertz CT molecular complexity index is 1230. The number of likely N-dealkylation sites (tertiary alicyclic amines) is 1. The van der Waals surface area contributed by atoms with Crippen LogP contribution in [0, 0.1) is 5.92 Å². The van der Waals surface area contributed by atoms with E-state index in [0.717, 1.165) is 44.1 Å². The van der Waals surface area contributed by atoms with Crippen molar-refractivity contribution in [3.8, 4) is 11.5 Å². The van der Waals surface area contributed by atoms with Gasteiger partial charge in [0.25, 0.3) is 5.91 Å². The molecule has 2 atom stereocenters. The second-order valence-corrected chi connectivity index (χ2v) is 11.3. The van der Waals surface area contributed by atoms with Gasteiger partial charge in [-0.3, -0.25) is 9.59 Å². The van der Waals surface area contributed by atoms with Crippen LogP contribution in [0.4, 0.5) is 0 Å². The van der Waals surface area contributed by atoms with Crippen molar-refractivity contribution < 1.29 is 19.1 Å². The van der Waals surface area contributed by atoms with E-state index in [1.807, 2.05) is 45.2 Å². The molecule has 2 N–H and O–H groups in total. The van der Waals surface area contributed by atoms with Gasteiger partial charge in [-0.05, 0) is 74.6 Å². The fraction of sp³-hybridized carbons (Fsp3) is 0.345. The van der Waals surface area contributed by atoms with Crippen molar-refractivity contribution in [2.75, 3.05) is 40.9 Å². The maximum Gasteiger partial charge on any atom is 0.251 e. The standard InChI is InChI=1S/C29H36N4O4S2/c1-19(2)27(39-20(3)22-8-7-9-24(14-22)36-6)17-37-23-12-10-21(11-13-23)28(35)31-26-16-33(5)15-25(26)29(32-30-4)38-18-34/h7-14,18,25-26,30H,3,15-17H2,1-2,4-6H3,(H,31,35)/b32-29-. The Hall–Kier alpha value is -3.21. The number of allylic oxidation sites excluding steroid dienone is 1. The Labute approximate surface area is 239 Å². The third-order valence-corrected chi connectivity index (χ3v) is 8.20. The third-order valence-electron chi connectivity index (χ3n) is 6.21. The Morgan fingerprint density at radius 1 is 1.15 bits per heavy atom. The monoisotopic (exact) mass is 568 g/mol. The van der Waals surface area contributed by atoms with Crippen LogP contribution in [0.15, 0.2) is 70.7 Å². The molecule has 1 saturated heterocycles. The van der Waals surface area contributed by atoms with E-state index in [-0.39, 0.29) is 17.9 Å². The first kappa shape index (κ1) is 30.3. The smallest absolute Gasteiger partial charge is 0.251 e. The Morgan fingerprint density at radius 3 is 2.54 bits per heavy atom. The van der Waals surface area contributed by atoms with Gasteiger partial charge in [-0.1, -0.05) is 36.0 Å². The van der Waals surface area contributed by atoms with Gasteiger partial charge in [0.15, 0.2) is 5.62 Å². The summed E-state index contributed by atoms with van der Waals surface area (Å²) in [5, 5.41) is 8.02. The van der Waals surface area contributed by atoms with Crippen LogP contribution in [0.1, 0.15) is 29.8 Å². The summed E-state index contributed by atoms with van der Waals surface area (Å²) >= 11 is 2.62. The van der Waals surface area contributed by atoms with Gasteiger partial charge in [0.2, 0.25) is 0 Å². The molecule has 2 aromatic rings. The van der Waals surface area contributed by atoms with Crippen LogP contribution in [0.25, 0.3) is 4.91 Å². The number of hydrogen-bond acceptors (Lipinski definition) is 9. The van der Waals surface area contributed by atoms with Crippen molar-refractivity contribution in [1.82, 2.24) is 15.6 Å². The van der Waals surface area contributed by atoms with Crippen molar-refractivity contribution in [1.29, 1.82) is 0 Å². The molecule has 0 spiro atoms. The van der Waals surface area contributed by atoms with Gasteiger partial charge < -0.3 is 25.1 Å². The zero-order valence-electron chi connectivity index (χ0n) is 23.0. The van der Waals surface area contributed by atoms with Crippen LogP contribution >= 0.6 is 23.5 Å². The first-order valence-electron chi connectivity index (χ1n) is 12.5. The van der Waals surface area contributed by atoms with Crippen LogP contribution in [0.2, 0.25) is 0 Å². The number of carbonyl (C=O) groups excluding carboxylic acids is 2. The first-order chi connectivity index (χ1) is 18.7. The predicted octanol–water partition coefficient (Wildman–Crippen LogP) is 4.89. The van der Waals surface area contributed by atoms with Crippen molar-refractivity contribution >= 4 is 45.0 Å². The fourth-order valence-electron chi connectivity index (χ4n) is 4.14. The van der Waals surface area contributed by atoms with Crippen molar-refractivity contribution in [2.45, 2.75) is 19.9 Å². The zero-order valence-corrected chi connectivity index (χ0v) is 24.7. The van der Waals surface area contributed by atoms with E-state index in [1.54, 1.807) is 50.2 Å². The minimum Gasteiger partial charge on any atom is -0.497 e. The summed E-state index contributed by atoms with van der Waals surface area (Å²) in [6.45, 7) is 10.1. The van der Waals surface area contributed by atoms with Gasteiger partial charge in [0.05, 0.1) is 13.2 Å². The van der Waals surface area contributed by atoms with Crippen LogP contribution in [-0.2, 0) is 4.79 Å². The summed E-state index contributed by atoms with van der Waals surface area (Å²) < 4.78 is 11.4. The average Bonchev–Trinajstić information content (AvgIpc) is 3.30. The summed E-state index contributed by atoms with van der Waals surface area (Å²) in [6, 6.07) is 14.8. The predicted molar refractivity (Wildman–Crippen MR) is 163 cm³/mol. The minimum absolute atomic E-state index is 0.0732. The van der Waals surface area contributed by atoms with E-state index >= 15 is 0 Å². The number of thioether (sulfide) groups is 2. The molecule has 1 amide bonds. The zero-order chi connectivity index (χ0) is 28.4. The van der Waals surface area contributed by atoms with Gasteiger partial charge in [0, 0.05) is 41.4 Å². The molecule has 1 aliphatic heterocycles. The van der Waals surface area contributed by atoms with Gasteiger partial charge in [-0.25, -0.2) is 0 Å². The highest BCUT2D eigenvalue weighted by Crippen LogP contribution is 2.35. The Morgan fingerprint density at radius 2 is 1.90 bits per heavy atom. The molecule has 39 heavy (non-hydrogen) atoms. The summed E-state index contributed by atoms with van der Waals surface area (Å²) in [4.78, 5) is 28.2. The second-order valence-electron chi connectivity index (χ2n) is 9.29. The molecule has 10 heteroatoms. The summed E-state index contributed by atoms with van der Waals surface area (Å²) in [6.07, 6.45) is 0. The molecule has 0 aliphatic carbocycles. The number of carbonyl (C=O) groups is 2. The molecule has 8 nitrogen and oxygen atoms in total.